The van der Waals surface area contributed by atoms with Gasteiger partial charge < -0.3 is 20.3 Å². The van der Waals surface area contributed by atoms with Crippen LogP contribution in [0.1, 0.15) is 265 Å². The number of rotatable bonds is 49. The van der Waals surface area contributed by atoms with Gasteiger partial charge in [0.05, 0.1) is 25.2 Å². The van der Waals surface area contributed by atoms with Gasteiger partial charge in [0.25, 0.3) is 0 Å². The second-order valence-corrected chi connectivity index (χ2v) is 18.7. The van der Waals surface area contributed by atoms with Crippen LogP contribution in [0.25, 0.3) is 0 Å². The topological polar surface area (TPSA) is 95.9 Å². The molecule has 0 fully saturated rings. The van der Waals surface area contributed by atoms with E-state index in [4.69, 9.17) is 4.74 Å². The lowest BCUT2D eigenvalue weighted by atomic mass is 10.0. The molecule has 376 valence electrons. The second kappa shape index (κ2) is 52.3. The lowest BCUT2D eigenvalue weighted by molar-refractivity contribution is -0.151. The summed E-state index contributed by atoms with van der Waals surface area (Å²) >= 11 is 0. The first kappa shape index (κ1) is 62.3. The summed E-state index contributed by atoms with van der Waals surface area (Å²) in [4.78, 5) is 26.2. The first-order valence-electron chi connectivity index (χ1n) is 27.7. The maximum absolute atomic E-state index is 13.2. The molecule has 0 saturated carbocycles. The Labute approximate surface area is 402 Å². The highest BCUT2D eigenvalue weighted by Gasteiger charge is 2.24. The zero-order valence-electron chi connectivity index (χ0n) is 42.9. The van der Waals surface area contributed by atoms with Crippen molar-refractivity contribution >= 4 is 11.9 Å². The van der Waals surface area contributed by atoms with Gasteiger partial charge in [0, 0.05) is 6.42 Å². The van der Waals surface area contributed by atoms with E-state index < -0.39 is 18.2 Å². The van der Waals surface area contributed by atoms with Gasteiger partial charge in [0.1, 0.15) is 6.10 Å². The average molecular weight is 908 g/mol. The molecule has 0 aliphatic heterocycles. The Kier molecular flexibility index (Phi) is 50.1. The number of hydrogen-bond donors (Lipinski definition) is 3. The minimum Gasteiger partial charge on any atom is -0.462 e. The molecule has 0 aliphatic rings. The predicted molar refractivity (Wildman–Crippen MR) is 282 cm³/mol. The van der Waals surface area contributed by atoms with Gasteiger partial charge in [-0.2, -0.15) is 0 Å². The van der Waals surface area contributed by atoms with Crippen molar-refractivity contribution in [2.75, 3.05) is 6.61 Å². The maximum Gasteiger partial charge on any atom is 0.306 e. The molecule has 0 bridgehead atoms. The van der Waals surface area contributed by atoms with E-state index in [0.717, 1.165) is 77.0 Å². The van der Waals surface area contributed by atoms with E-state index in [0.29, 0.717) is 19.3 Å². The van der Waals surface area contributed by atoms with Crippen LogP contribution in [0.4, 0.5) is 0 Å². The summed E-state index contributed by atoms with van der Waals surface area (Å²) in [6.07, 6.45) is 66.7. The van der Waals surface area contributed by atoms with Gasteiger partial charge in [-0.3, -0.25) is 9.59 Å². The van der Waals surface area contributed by atoms with Crippen LogP contribution in [0.2, 0.25) is 0 Å². The minimum absolute atomic E-state index is 0.0480. The van der Waals surface area contributed by atoms with Crippen molar-refractivity contribution in [1.82, 2.24) is 5.32 Å². The average Bonchev–Trinajstić information content (AvgIpc) is 3.30. The highest BCUT2D eigenvalue weighted by Crippen LogP contribution is 2.17. The Hall–Kier alpha value is -2.70. The third-order valence-electron chi connectivity index (χ3n) is 12.4. The number of carbonyl (C=O) groups is 2. The third-order valence-corrected chi connectivity index (χ3v) is 12.4. The number of aliphatic hydroxyl groups excluding tert-OH is 2. The molecule has 1 amide bonds. The number of carbonyl (C=O) groups excluding carboxylic acids is 2. The summed E-state index contributed by atoms with van der Waals surface area (Å²) in [5, 5.41) is 23.8. The Morgan fingerprint density at radius 2 is 0.846 bits per heavy atom. The molecular weight excluding hydrogens is 803 g/mol. The zero-order valence-corrected chi connectivity index (χ0v) is 42.9. The number of aliphatic hydroxyl groups is 2. The quantitative estimate of drug-likeness (QED) is 0.0245. The molecule has 0 aromatic rings. The molecular formula is C59H105NO5. The lowest BCUT2D eigenvalue weighted by Gasteiger charge is -2.24. The molecule has 0 aliphatic carbocycles. The summed E-state index contributed by atoms with van der Waals surface area (Å²) < 4.78 is 5.94. The number of ether oxygens (including phenoxy) is 1. The first-order chi connectivity index (χ1) is 32.0. The van der Waals surface area contributed by atoms with E-state index in [1.54, 1.807) is 0 Å². The van der Waals surface area contributed by atoms with E-state index in [1.165, 1.54) is 141 Å². The standard InChI is InChI=1S/C59H105NO5/c1-4-7-10-13-16-19-22-24-26-28-29-30-32-34-37-40-43-46-49-52-59(64)65-55(50-47-44-41-38-36-33-31-27-25-23-20-17-14-11-8-5-2)53-58(63)60-56(54-61)57(62)51-48-45-42-39-35-21-18-15-12-9-6-3/h16-17,19-20,23-27,31,33,36,55-57,61-62H,4-15,18,21-22,28-30,32,34-35,37-54H2,1-3H3,(H,60,63)/b19-16-,20-17+,25-23+,26-24-,31-27+,36-33+. The fourth-order valence-corrected chi connectivity index (χ4v) is 8.12. The van der Waals surface area contributed by atoms with Crippen molar-refractivity contribution < 1.29 is 24.5 Å². The van der Waals surface area contributed by atoms with Crippen LogP contribution in [0, 0.1) is 0 Å². The normalized spacial score (nSPS) is 13.7. The van der Waals surface area contributed by atoms with E-state index >= 15 is 0 Å². The summed E-state index contributed by atoms with van der Waals surface area (Å²) in [6, 6.07) is -0.718. The van der Waals surface area contributed by atoms with Crippen molar-refractivity contribution in [1.29, 1.82) is 0 Å². The number of amides is 1. The molecule has 0 rings (SSSR count). The van der Waals surface area contributed by atoms with Crippen LogP contribution in [-0.2, 0) is 14.3 Å². The van der Waals surface area contributed by atoms with Gasteiger partial charge >= 0.3 is 5.97 Å². The first-order valence-corrected chi connectivity index (χ1v) is 27.7. The summed E-state index contributed by atoms with van der Waals surface area (Å²) in [5.74, 6) is -0.515. The van der Waals surface area contributed by atoms with Crippen LogP contribution in [0.15, 0.2) is 72.9 Å². The summed E-state index contributed by atoms with van der Waals surface area (Å²) in [5.41, 5.74) is 0. The number of hydrogen-bond acceptors (Lipinski definition) is 5. The Balaban J connectivity index is 4.64. The van der Waals surface area contributed by atoms with Crippen molar-refractivity contribution in [2.45, 2.75) is 283 Å². The van der Waals surface area contributed by atoms with Crippen molar-refractivity contribution in [3.8, 4) is 0 Å². The molecule has 65 heavy (non-hydrogen) atoms. The van der Waals surface area contributed by atoms with Gasteiger partial charge in [0.15, 0.2) is 0 Å². The summed E-state index contributed by atoms with van der Waals surface area (Å²) in [6.45, 7) is 6.41. The van der Waals surface area contributed by atoms with Crippen LogP contribution >= 0.6 is 0 Å². The van der Waals surface area contributed by atoms with Gasteiger partial charge in [-0.05, 0) is 83.5 Å². The molecule has 3 atom stereocenters. The molecule has 0 spiro atoms. The van der Waals surface area contributed by atoms with Crippen molar-refractivity contribution in [3.63, 3.8) is 0 Å². The molecule has 0 saturated heterocycles. The van der Waals surface area contributed by atoms with Gasteiger partial charge in [0.2, 0.25) is 5.91 Å². The fraction of sp³-hybridized carbons (Fsp3) is 0.763. The third kappa shape index (κ3) is 47.6. The fourth-order valence-electron chi connectivity index (χ4n) is 8.12. The van der Waals surface area contributed by atoms with Crippen molar-refractivity contribution in [3.05, 3.63) is 72.9 Å². The molecule has 3 unspecified atom stereocenters. The minimum atomic E-state index is -0.801. The Bertz CT molecular complexity index is 1200. The maximum atomic E-state index is 13.2. The summed E-state index contributed by atoms with van der Waals surface area (Å²) in [7, 11) is 0. The Morgan fingerprint density at radius 3 is 1.35 bits per heavy atom. The Morgan fingerprint density at radius 1 is 0.462 bits per heavy atom. The smallest absolute Gasteiger partial charge is 0.306 e. The van der Waals surface area contributed by atoms with Crippen LogP contribution in [0.5, 0.6) is 0 Å². The molecule has 0 aromatic carbocycles. The van der Waals surface area contributed by atoms with E-state index in [2.05, 4.69) is 99.0 Å². The van der Waals surface area contributed by atoms with Crippen LogP contribution in [-0.4, -0.2) is 46.9 Å². The highest BCUT2D eigenvalue weighted by atomic mass is 16.5. The number of unbranched alkanes of at least 4 members (excludes halogenated alkanes) is 28. The monoisotopic (exact) mass is 908 g/mol. The molecule has 6 nitrogen and oxygen atoms in total. The molecule has 3 N–H and O–H groups in total. The SMILES string of the molecule is CCCCC/C=C\C/C=C\CCCCCCCCCCCC(=O)OC(CCCCC/C=C/C=C/C=C/C=C/CCCCC)CC(=O)NC(CO)C(O)CCCCCCCCCCCCC. The van der Waals surface area contributed by atoms with Crippen LogP contribution in [0.3, 0.4) is 0 Å². The zero-order chi connectivity index (χ0) is 47.4. The molecule has 0 heterocycles. The van der Waals surface area contributed by atoms with Gasteiger partial charge in [-0.1, -0.05) is 241 Å². The number of allylic oxidation sites excluding steroid dienone is 12. The lowest BCUT2D eigenvalue weighted by Crippen LogP contribution is -2.46. The van der Waals surface area contributed by atoms with Gasteiger partial charge in [-0.15, -0.1) is 0 Å². The predicted octanol–water partition coefficient (Wildman–Crippen LogP) is 17.0. The molecule has 0 radical (unpaired) electrons. The van der Waals surface area contributed by atoms with Crippen molar-refractivity contribution in [2.24, 2.45) is 0 Å². The molecule has 6 heteroatoms. The largest absolute Gasteiger partial charge is 0.462 e. The number of esters is 1. The van der Waals surface area contributed by atoms with E-state index in [-0.39, 0.29) is 24.9 Å². The number of nitrogens with one attached hydrogen (secondary N) is 1. The second-order valence-electron chi connectivity index (χ2n) is 18.7. The van der Waals surface area contributed by atoms with Gasteiger partial charge in [-0.25, -0.2) is 0 Å². The van der Waals surface area contributed by atoms with E-state index in [1.807, 2.05) is 0 Å². The highest BCUT2D eigenvalue weighted by molar-refractivity contribution is 5.77. The molecule has 0 aromatic heterocycles. The van der Waals surface area contributed by atoms with E-state index in [9.17, 15) is 19.8 Å². The van der Waals surface area contributed by atoms with Crippen LogP contribution < -0.4 is 5.32 Å².